The Balaban J connectivity index is 2.21. The molecule has 1 aliphatic rings. The normalized spacial score (nSPS) is 27.0. The zero-order valence-electron chi connectivity index (χ0n) is 8.48. The summed E-state index contributed by atoms with van der Waals surface area (Å²) in [5, 5.41) is 4.32. The molecule has 0 unspecified atom stereocenters. The smallest absolute Gasteiger partial charge is 0.218 e. The van der Waals surface area contributed by atoms with Crippen molar-refractivity contribution in [2.24, 2.45) is 18.7 Å². The van der Waals surface area contributed by atoms with Crippen molar-refractivity contribution in [1.82, 2.24) is 14.8 Å². The van der Waals surface area contributed by atoms with E-state index < -0.39 is 0 Å². The molecular weight excluding hydrogens is 178 g/mol. The van der Waals surface area contributed by atoms with Gasteiger partial charge in [-0.05, 0) is 25.3 Å². The van der Waals surface area contributed by atoms with Crippen LogP contribution >= 0.6 is 0 Å². The Labute approximate surface area is 83.5 Å². The Morgan fingerprint density at radius 2 is 2.29 bits per heavy atom. The molecule has 0 radical (unpaired) electrons. The summed E-state index contributed by atoms with van der Waals surface area (Å²) in [6, 6.07) is 0. The van der Waals surface area contributed by atoms with Gasteiger partial charge in [0.1, 0.15) is 0 Å². The average molecular weight is 195 g/mol. The van der Waals surface area contributed by atoms with Gasteiger partial charge in [0.2, 0.25) is 5.95 Å². The molecule has 0 aromatic carbocycles. The quantitative estimate of drug-likeness (QED) is 0.708. The van der Waals surface area contributed by atoms with Gasteiger partial charge in [-0.25, -0.2) is 4.68 Å². The molecule has 14 heavy (non-hydrogen) atoms. The minimum Gasteiger partial charge on any atom is -0.368 e. The number of nitrogens with zero attached hydrogens (tertiary/aromatic N) is 3. The topological polar surface area (TPSA) is 82.8 Å². The first-order valence-electron chi connectivity index (χ1n) is 5.09. The van der Waals surface area contributed by atoms with E-state index in [0.29, 0.717) is 17.8 Å². The minimum absolute atomic E-state index is 0.420. The van der Waals surface area contributed by atoms with Gasteiger partial charge >= 0.3 is 0 Å². The molecule has 78 valence electrons. The van der Waals surface area contributed by atoms with Gasteiger partial charge in [-0.1, -0.05) is 6.42 Å². The lowest BCUT2D eigenvalue weighted by Gasteiger charge is -2.13. The standard InChI is InChI=1S/C9H17N5/c1-14-9(11)12-8(13-14)7-4-2-3-6(7)5-10/h6-7H,2-5,10H2,1H3,(H2,11,12,13)/t6-,7-/m1/s1. The Morgan fingerprint density at radius 3 is 2.86 bits per heavy atom. The van der Waals surface area contributed by atoms with Gasteiger partial charge in [0.25, 0.3) is 0 Å². The lowest BCUT2D eigenvalue weighted by molar-refractivity contribution is 0.475. The zero-order valence-corrected chi connectivity index (χ0v) is 8.48. The second-order valence-corrected chi connectivity index (χ2v) is 3.98. The molecule has 0 bridgehead atoms. The zero-order chi connectivity index (χ0) is 10.1. The van der Waals surface area contributed by atoms with Crippen LogP contribution in [0.5, 0.6) is 0 Å². The van der Waals surface area contributed by atoms with E-state index in [-0.39, 0.29) is 0 Å². The fraction of sp³-hybridized carbons (Fsp3) is 0.778. The second kappa shape index (κ2) is 3.57. The van der Waals surface area contributed by atoms with Crippen LogP contribution in [0.25, 0.3) is 0 Å². The number of hydrogen-bond acceptors (Lipinski definition) is 4. The molecule has 0 spiro atoms. The average Bonchev–Trinajstić information content (AvgIpc) is 2.73. The first-order valence-corrected chi connectivity index (χ1v) is 5.09. The van der Waals surface area contributed by atoms with Crippen molar-refractivity contribution in [3.63, 3.8) is 0 Å². The van der Waals surface area contributed by atoms with Crippen molar-refractivity contribution in [2.75, 3.05) is 12.3 Å². The molecule has 0 aliphatic heterocycles. The first-order chi connectivity index (χ1) is 6.72. The van der Waals surface area contributed by atoms with Crippen LogP contribution in [0, 0.1) is 5.92 Å². The van der Waals surface area contributed by atoms with E-state index in [4.69, 9.17) is 11.5 Å². The summed E-state index contributed by atoms with van der Waals surface area (Å²) in [5.41, 5.74) is 11.4. The summed E-state index contributed by atoms with van der Waals surface area (Å²) in [6.45, 7) is 0.725. The molecule has 1 aromatic heterocycles. The maximum absolute atomic E-state index is 5.71. The molecule has 5 heteroatoms. The monoisotopic (exact) mass is 195 g/mol. The summed E-state index contributed by atoms with van der Waals surface area (Å²) < 4.78 is 1.63. The van der Waals surface area contributed by atoms with Gasteiger partial charge in [-0.3, -0.25) is 0 Å². The molecule has 2 rings (SSSR count). The van der Waals surface area contributed by atoms with Gasteiger partial charge < -0.3 is 11.5 Å². The van der Waals surface area contributed by atoms with E-state index in [1.54, 1.807) is 4.68 Å². The molecule has 5 nitrogen and oxygen atoms in total. The molecule has 1 saturated carbocycles. The number of hydrogen-bond donors (Lipinski definition) is 2. The maximum atomic E-state index is 5.71. The third-order valence-electron chi connectivity index (χ3n) is 3.11. The highest BCUT2D eigenvalue weighted by Gasteiger charge is 2.30. The number of aromatic nitrogens is 3. The predicted octanol–water partition coefficient (Wildman–Crippen LogP) is 0.240. The summed E-state index contributed by atoms with van der Waals surface area (Å²) in [7, 11) is 1.82. The fourth-order valence-corrected chi connectivity index (χ4v) is 2.23. The largest absolute Gasteiger partial charge is 0.368 e. The van der Waals surface area contributed by atoms with Gasteiger partial charge in [0.15, 0.2) is 5.82 Å². The molecule has 1 heterocycles. The van der Waals surface area contributed by atoms with Crippen molar-refractivity contribution in [2.45, 2.75) is 25.2 Å². The predicted molar refractivity (Wildman–Crippen MR) is 54.6 cm³/mol. The van der Waals surface area contributed by atoms with E-state index >= 15 is 0 Å². The molecule has 1 aromatic rings. The minimum atomic E-state index is 0.420. The second-order valence-electron chi connectivity index (χ2n) is 3.98. The van der Waals surface area contributed by atoms with Crippen LogP contribution in [0.4, 0.5) is 5.95 Å². The van der Waals surface area contributed by atoms with Gasteiger partial charge in [-0.15, -0.1) is 0 Å². The van der Waals surface area contributed by atoms with Crippen LogP contribution in [-0.2, 0) is 7.05 Å². The number of nitrogen functional groups attached to an aromatic ring is 1. The van der Waals surface area contributed by atoms with E-state index in [1.165, 1.54) is 12.8 Å². The van der Waals surface area contributed by atoms with Crippen LogP contribution in [0.2, 0.25) is 0 Å². The Kier molecular flexibility index (Phi) is 2.41. The summed E-state index contributed by atoms with van der Waals surface area (Å²) in [6.07, 6.45) is 3.56. The van der Waals surface area contributed by atoms with Crippen LogP contribution in [-0.4, -0.2) is 21.3 Å². The van der Waals surface area contributed by atoms with E-state index in [1.807, 2.05) is 7.05 Å². The number of rotatable bonds is 2. The van der Waals surface area contributed by atoms with Crippen molar-refractivity contribution in [3.8, 4) is 0 Å². The number of nitrogens with two attached hydrogens (primary N) is 2. The number of aryl methyl sites for hydroxylation is 1. The molecule has 0 amide bonds. The fourth-order valence-electron chi connectivity index (χ4n) is 2.23. The van der Waals surface area contributed by atoms with Gasteiger partial charge in [0, 0.05) is 13.0 Å². The Hall–Kier alpha value is -1.10. The van der Waals surface area contributed by atoms with Gasteiger partial charge in [0.05, 0.1) is 0 Å². The van der Waals surface area contributed by atoms with Crippen molar-refractivity contribution < 1.29 is 0 Å². The lowest BCUT2D eigenvalue weighted by atomic mass is 9.96. The van der Waals surface area contributed by atoms with Crippen LogP contribution < -0.4 is 11.5 Å². The highest BCUT2D eigenvalue weighted by atomic mass is 15.4. The summed E-state index contributed by atoms with van der Waals surface area (Å²) >= 11 is 0. The highest BCUT2D eigenvalue weighted by Crippen LogP contribution is 2.37. The molecule has 1 aliphatic carbocycles. The van der Waals surface area contributed by atoms with Crippen LogP contribution in [0.15, 0.2) is 0 Å². The van der Waals surface area contributed by atoms with Crippen molar-refractivity contribution in [3.05, 3.63) is 5.82 Å². The molecule has 1 fully saturated rings. The third-order valence-corrected chi connectivity index (χ3v) is 3.11. The highest BCUT2D eigenvalue weighted by molar-refractivity contribution is 5.18. The van der Waals surface area contributed by atoms with Crippen LogP contribution in [0.1, 0.15) is 31.0 Å². The Morgan fingerprint density at radius 1 is 1.50 bits per heavy atom. The maximum Gasteiger partial charge on any atom is 0.218 e. The molecule has 0 saturated heterocycles. The SMILES string of the molecule is Cn1nc([C@@H]2CCC[C@@H]2CN)nc1N. The van der Waals surface area contributed by atoms with Gasteiger partial charge in [-0.2, -0.15) is 10.1 Å². The van der Waals surface area contributed by atoms with Crippen molar-refractivity contribution >= 4 is 5.95 Å². The van der Waals surface area contributed by atoms with E-state index in [9.17, 15) is 0 Å². The van der Waals surface area contributed by atoms with E-state index in [2.05, 4.69) is 10.1 Å². The van der Waals surface area contributed by atoms with Crippen LogP contribution in [0.3, 0.4) is 0 Å². The Bertz CT molecular complexity index is 300. The van der Waals surface area contributed by atoms with E-state index in [0.717, 1.165) is 18.8 Å². The lowest BCUT2D eigenvalue weighted by Crippen LogP contribution is -2.18. The molecular formula is C9H17N5. The third kappa shape index (κ3) is 1.48. The molecule has 4 N–H and O–H groups in total. The first kappa shape index (κ1) is 9.45. The van der Waals surface area contributed by atoms with Crippen molar-refractivity contribution in [1.29, 1.82) is 0 Å². The summed E-state index contributed by atoms with van der Waals surface area (Å²) in [5.74, 6) is 2.32. The number of anilines is 1. The molecule has 2 atom stereocenters. The summed E-state index contributed by atoms with van der Waals surface area (Å²) in [4.78, 5) is 4.26.